The van der Waals surface area contributed by atoms with Gasteiger partial charge in [-0.15, -0.1) is 0 Å². The predicted molar refractivity (Wildman–Crippen MR) is 113 cm³/mol. The second kappa shape index (κ2) is 8.74. The summed E-state index contributed by atoms with van der Waals surface area (Å²) in [4.78, 5) is 17.6. The standard InChI is InChI=1S/C23H29N3O3/c1-3-25-12-10-20(11-13-25)26(23(27)24-19-7-4-17(2)5-8-19)15-18-6-9-21-22(14-18)29-16-28-21/h4-9,14,20H,3,10-13,15-16H2,1-2H3,(H,24,27). The number of amides is 2. The van der Waals surface area contributed by atoms with Crippen molar-refractivity contribution in [2.45, 2.75) is 39.3 Å². The number of hydrogen-bond acceptors (Lipinski definition) is 4. The molecule has 0 bridgehead atoms. The molecule has 0 unspecified atom stereocenters. The van der Waals surface area contributed by atoms with E-state index < -0.39 is 0 Å². The van der Waals surface area contributed by atoms with E-state index in [0.717, 1.165) is 55.2 Å². The van der Waals surface area contributed by atoms with Crippen molar-refractivity contribution in [1.29, 1.82) is 0 Å². The number of benzene rings is 2. The van der Waals surface area contributed by atoms with Crippen molar-refractivity contribution in [3.8, 4) is 11.5 Å². The summed E-state index contributed by atoms with van der Waals surface area (Å²) >= 11 is 0. The summed E-state index contributed by atoms with van der Waals surface area (Å²) in [5.74, 6) is 1.52. The summed E-state index contributed by atoms with van der Waals surface area (Å²) in [7, 11) is 0. The molecule has 6 nitrogen and oxygen atoms in total. The zero-order valence-corrected chi connectivity index (χ0v) is 17.2. The summed E-state index contributed by atoms with van der Waals surface area (Å²) in [6.07, 6.45) is 1.97. The molecule has 0 aromatic heterocycles. The van der Waals surface area contributed by atoms with Crippen molar-refractivity contribution < 1.29 is 14.3 Å². The van der Waals surface area contributed by atoms with Gasteiger partial charge in [0.25, 0.3) is 0 Å². The number of aryl methyl sites for hydroxylation is 1. The Kier molecular flexibility index (Phi) is 5.90. The number of carbonyl (C=O) groups is 1. The summed E-state index contributed by atoms with van der Waals surface area (Å²) in [6, 6.07) is 14.0. The van der Waals surface area contributed by atoms with Crippen molar-refractivity contribution in [3.05, 3.63) is 53.6 Å². The number of ether oxygens (including phenoxy) is 2. The fourth-order valence-electron chi connectivity index (χ4n) is 3.98. The maximum atomic E-state index is 13.2. The lowest BCUT2D eigenvalue weighted by Gasteiger charge is -2.38. The van der Waals surface area contributed by atoms with E-state index in [-0.39, 0.29) is 18.9 Å². The van der Waals surface area contributed by atoms with Gasteiger partial charge in [0.2, 0.25) is 6.79 Å². The summed E-state index contributed by atoms with van der Waals surface area (Å²) in [5.41, 5.74) is 3.04. The van der Waals surface area contributed by atoms with Crippen molar-refractivity contribution in [1.82, 2.24) is 9.80 Å². The van der Waals surface area contributed by atoms with Crippen LogP contribution in [0.25, 0.3) is 0 Å². The molecule has 2 aliphatic rings. The number of fused-ring (bicyclic) bond motifs is 1. The van der Waals surface area contributed by atoms with Crippen LogP contribution in [0.4, 0.5) is 10.5 Å². The average molecular weight is 396 g/mol. The molecule has 2 heterocycles. The Balaban J connectivity index is 1.51. The first-order valence-corrected chi connectivity index (χ1v) is 10.4. The van der Waals surface area contributed by atoms with Gasteiger partial charge in [0, 0.05) is 31.4 Å². The first-order valence-electron chi connectivity index (χ1n) is 10.4. The molecule has 0 spiro atoms. The Bertz CT molecular complexity index is 845. The van der Waals surface area contributed by atoms with Crippen LogP contribution in [0.5, 0.6) is 11.5 Å². The Morgan fingerprint density at radius 3 is 2.55 bits per heavy atom. The normalized spacial score (nSPS) is 16.6. The fraction of sp³-hybridized carbons (Fsp3) is 0.435. The van der Waals surface area contributed by atoms with Gasteiger partial charge in [-0.2, -0.15) is 0 Å². The Labute approximate surface area is 172 Å². The third-order valence-electron chi connectivity index (χ3n) is 5.80. The van der Waals surface area contributed by atoms with Crippen LogP contribution >= 0.6 is 0 Å². The van der Waals surface area contributed by atoms with Crippen LogP contribution in [-0.2, 0) is 6.54 Å². The molecule has 1 N–H and O–H groups in total. The van der Waals surface area contributed by atoms with E-state index in [1.807, 2.05) is 54.3 Å². The highest BCUT2D eigenvalue weighted by atomic mass is 16.7. The maximum absolute atomic E-state index is 13.2. The minimum absolute atomic E-state index is 0.0542. The molecule has 1 saturated heterocycles. The monoisotopic (exact) mass is 395 g/mol. The second-order valence-electron chi connectivity index (χ2n) is 7.78. The van der Waals surface area contributed by atoms with E-state index in [1.165, 1.54) is 5.56 Å². The molecular weight excluding hydrogens is 366 g/mol. The van der Waals surface area contributed by atoms with E-state index in [9.17, 15) is 4.79 Å². The number of piperidine rings is 1. The number of carbonyl (C=O) groups excluding carboxylic acids is 1. The van der Waals surface area contributed by atoms with Crippen LogP contribution in [0.2, 0.25) is 0 Å². The van der Waals surface area contributed by atoms with Gasteiger partial charge in [-0.1, -0.05) is 30.7 Å². The molecule has 29 heavy (non-hydrogen) atoms. The molecular formula is C23H29N3O3. The number of nitrogens with one attached hydrogen (secondary N) is 1. The quantitative estimate of drug-likeness (QED) is 0.823. The molecule has 2 aromatic rings. The second-order valence-corrected chi connectivity index (χ2v) is 7.78. The van der Waals surface area contributed by atoms with E-state index in [1.54, 1.807) is 0 Å². The van der Waals surface area contributed by atoms with Crippen molar-refractivity contribution >= 4 is 11.7 Å². The smallest absolute Gasteiger partial charge is 0.322 e. The Morgan fingerprint density at radius 2 is 1.83 bits per heavy atom. The molecule has 1 fully saturated rings. The van der Waals surface area contributed by atoms with Crippen molar-refractivity contribution in [2.24, 2.45) is 0 Å². The largest absolute Gasteiger partial charge is 0.454 e. The zero-order chi connectivity index (χ0) is 20.2. The summed E-state index contributed by atoms with van der Waals surface area (Å²) in [6.45, 7) is 8.14. The van der Waals surface area contributed by atoms with E-state index in [2.05, 4.69) is 17.1 Å². The first-order chi connectivity index (χ1) is 14.1. The highest BCUT2D eigenvalue weighted by Gasteiger charge is 2.28. The molecule has 2 aliphatic heterocycles. The third kappa shape index (κ3) is 4.65. The third-order valence-corrected chi connectivity index (χ3v) is 5.80. The summed E-state index contributed by atoms with van der Waals surface area (Å²) < 4.78 is 10.9. The minimum atomic E-state index is -0.0542. The topological polar surface area (TPSA) is 54.0 Å². The molecule has 0 atom stereocenters. The summed E-state index contributed by atoms with van der Waals surface area (Å²) in [5, 5.41) is 3.08. The molecule has 0 saturated carbocycles. The van der Waals surface area contributed by atoms with Gasteiger partial charge >= 0.3 is 6.03 Å². The number of rotatable bonds is 5. The van der Waals surface area contributed by atoms with Crippen molar-refractivity contribution in [3.63, 3.8) is 0 Å². The first kappa shape index (κ1) is 19.6. The van der Waals surface area contributed by atoms with Gasteiger partial charge in [-0.25, -0.2) is 4.79 Å². The number of urea groups is 1. The molecule has 0 aliphatic carbocycles. The van der Waals surface area contributed by atoms with Crippen LogP contribution in [-0.4, -0.2) is 48.3 Å². The predicted octanol–water partition coefficient (Wildman–Crippen LogP) is 4.24. The van der Waals surface area contributed by atoms with Crippen LogP contribution < -0.4 is 14.8 Å². The van der Waals surface area contributed by atoms with E-state index in [4.69, 9.17) is 9.47 Å². The lowest BCUT2D eigenvalue weighted by molar-refractivity contribution is 0.126. The highest BCUT2D eigenvalue weighted by molar-refractivity contribution is 5.89. The lowest BCUT2D eigenvalue weighted by atomic mass is 10.0. The highest BCUT2D eigenvalue weighted by Crippen LogP contribution is 2.33. The van der Waals surface area contributed by atoms with Gasteiger partial charge in [0.05, 0.1) is 0 Å². The molecule has 4 rings (SSSR count). The van der Waals surface area contributed by atoms with Gasteiger partial charge < -0.3 is 24.6 Å². The number of likely N-dealkylation sites (tertiary alicyclic amines) is 1. The molecule has 6 heteroatoms. The molecule has 2 amide bonds. The van der Waals surface area contributed by atoms with Crippen LogP contribution in [0.3, 0.4) is 0 Å². The minimum Gasteiger partial charge on any atom is -0.454 e. The lowest BCUT2D eigenvalue weighted by Crippen LogP contribution is -2.48. The molecule has 0 radical (unpaired) electrons. The van der Waals surface area contributed by atoms with Gasteiger partial charge in [0.1, 0.15) is 0 Å². The van der Waals surface area contributed by atoms with E-state index >= 15 is 0 Å². The average Bonchev–Trinajstić information content (AvgIpc) is 3.21. The maximum Gasteiger partial charge on any atom is 0.322 e. The Morgan fingerprint density at radius 1 is 1.10 bits per heavy atom. The molecule has 154 valence electrons. The SMILES string of the molecule is CCN1CCC(N(Cc2ccc3c(c2)OCO3)C(=O)Nc2ccc(C)cc2)CC1. The number of hydrogen-bond donors (Lipinski definition) is 1. The van der Waals surface area contributed by atoms with Crippen LogP contribution in [0, 0.1) is 6.92 Å². The molecule has 2 aromatic carbocycles. The Hall–Kier alpha value is -2.73. The zero-order valence-electron chi connectivity index (χ0n) is 17.2. The van der Waals surface area contributed by atoms with Crippen LogP contribution in [0.1, 0.15) is 30.9 Å². The van der Waals surface area contributed by atoms with Crippen molar-refractivity contribution in [2.75, 3.05) is 31.7 Å². The van der Waals surface area contributed by atoms with Gasteiger partial charge in [-0.3, -0.25) is 0 Å². The number of nitrogens with zero attached hydrogens (tertiary/aromatic N) is 2. The van der Waals surface area contributed by atoms with Gasteiger partial charge in [-0.05, 0) is 56.1 Å². The number of anilines is 1. The van der Waals surface area contributed by atoms with Gasteiger partial charge in [0.15, 0.2) is 11.5 Å². The fourth-order valence-corrected chi connectivity index (χ4v) is 3.98. The van der Waals surface area contributed by atoms with Crippen LogP contribution in [0.15, 0.2) is 42.5 Å². The van der Waals surface area contributed by atoms with E-state index in [0.29, 0.717) is 6.54 Å².